The van der Waals surface area contributed by atoms with Gasteiger partial charge in [-0.25, -0.2) is 0 Å². The first-order valence-electron chi connectivity index (χ1n) is 11.1. The fourth-order valence-electron chi connectivity index (χ4n) is 4.65. The predicted octanol–water partition coefficient (Wildman–Crippen LogP) is 4.14. The summed E-state index contributed by atoms with van der Waals surface area (Å²) >= 11 is 1.94. The smallest absolute Gasteiger partial charge is 0.0267 e. The van der Waals surface area contributed by atoms with Gasteiger partial charge in [-0.05, 0) is 48.4 Å². The Morgan fingerprint density at radius 1 is 0.964 bits per heavy atom. The van der Waals surface area contributed by atoms with Gasteiger partial charge in [0.2, 0.25) is 0 Å². The molecule has 0 amide bonds. The molecule has 3 nitrogen and oxygen atoms in total. The van der Waals surface area contributed by atoms with E-state index in [-0.39, 0.29) is 0 Å². The SMILES string of the molecule is CCCCN1CCN(C[C@@H](Cc2ccccc2)N2CCc3sccc3C2)CC1. The number of benzene rings is 1. The largest absolute Gasteiger partial charge is 0.301 e. The molecule has 0 spiro atoms. The van der Waals surface area contributed by atoms with Gasteiger partial charge in [0.1, 0.15) is 0 Å². The molecule has 1 aromatic heterocycles. The molecule has 2 aromatic rings. The lowest BCUT2D eigenvalue weighted by Crippen LogP contribution is -2.52. The van der Waals surface area contributed by atoms with Gasteiger partial charge in [0, 0.05) is 56.7 Å². The molecule has 0 unspecified atom stereocenters. The van der Waals surface area contributed by atoms with E-state index in [1.165, 1.54) is 70.6 Å². The van der Waals surface area contributed by atoms with Crippen LogP contribution in [0.15, 0.2) is 41.8 Å². The second-order valence-electron chi connectivity index (χ2n) is 8.43. The number of rotatable bonds is 8. The van der Waals surface area contributed by atoms with Gasteiger partial charge >= 0.3 is 0 Å². The monoisotopic (exact) mass is 397 g/mol. The van der Waals surface area contributed by atoms with Crippen molar-refractivity contribution >= 4 is 11.3 Å². The van der Waals surface area contributed by atoms with Gasteiger partial charge in [-0.15, -0.1) is 11.3 Å². The summed E-state index contributed by atoms with van der Waals surface area (Å²) in [5.41, 5.74) is 3.05. The van der Waals surface area contributed by atoms with Gasteiger partial charge in [0.05, 0.1) is 0 Å². The van der Waals surface area contributed by atoms with E-state index in [9.17, 15) is 0 Å². The highest BCUT2D eigenvalue weighted by Gasteiger charge is 2.27. The van der Waals surface area contributed by atoms with Crippen LogP contribution in [0.1, 0.15) is 35.8 Å². The molecule has 0 saturated carbocycles. The van der Waals surface area contributed by atoms with Crippen LogP contribution in [0.2, 0.25) is 0 Å². The summed E-state index contributed by atoms with van der Waals surface area (Å²) in [5.74, 6) is 0. The van der Waals surface area contributed by atoms with E-state index in [4.69, 9.17) is 0 Å². The molecule has 0 bridgehead atoms. The molecule has 4 heteroatoms. The van der Waals surface area contributed by atoms with Crippen molar-refractivity contribution in [3.63, 3.8) is 0 Å². The van der Waals surface area contributed by atoms with Crippen LogP contribution < -0.4 is 0 Å². The maximum Gasteiger partial charge on any atom is 0.0267 e. The minimum absolute atomic E-state index is 0.609. The van der Waals surface area contributed by atoms with Gasteiger partial charge in [-0.3, -0.25) is 9.80 Å². The molecule has 1 fully saturated rings. The van der Waals surface area contributed by atoms with Gasteiger partial charge in [-0.2, -0.15) is 0 Å². The third-order valence-electron chi connectivity index (χ3n) is 6.43. The molecule has 3 heterocycles. The first-order valence-corrected chi connectivity index (χ1v) is 12.0. The Morgan fingerprint density at radius 3 is 2.54 bits per heavy atom. The predicted molar refractivity (Wildman–Crippen MR) is 120 cm³/mol. The highest BCUT2D eigenvalue weighted by Crippen LogP contribution is 2.26. The Hall–Kier alpha value is -1.20. The molecule has 1 aromatic carbocycles. The number of hydrogen-bond donors (Lipinski definition) is 0. The normalized spacial score (nSPS) is 20.2. The zero-order chi connectivity index (χ0) is 19.2. The second kappa shape index (κ2) is 10.0. The molecule has 0 N–H and O–H groups in total. The van der Waals surface area contributed by atoms with Gasteiger partial charge in [-0.1, -0.05) is 43.7 Å². The zero-order valence-electron chi connectivity index (χ0n) is 17.4. The summed E-state index contributed by atoms with van der Waals surface area (Å²) in [7, 11) is 0. The van der Waals surface area contributed by atoms with Crippen molar-refractivity contribution in [3.05, 3.63) is 57.8 Å². The molecule has 0 aliphatic carbocycles. The third-order valence-corrected chi connectivity index (χ3v) is 7.45. The quantitative estimate of drug-likeness (QED) is 0.663. The number of piperazine rings is 1. The number of thiophene rings is 1. The molecule has 0 radical (unpaired) electrons. The van der Waals surface area contributed by atoms with Gasteiger partial charge in [0.15, 0.2) is 0 Å². The van der Waals surface area contributed by atoms with Crippen molar-refractivity contribution in [2.75, 3.05) is 45.8 Å². The summed E-state index contributed by atoms with van der Waals surface area (Å²) in [6.07, 6.45) is 5.03. The van der Waals surface area contributed by atoms with Crippen LogP contribution in [-0.4, -0.2) is 66.6 Å². The lowest BCUT2D eigenvalue weighted by molar-refractivity contribution is 0.0834. The molecule has 2 aliphatic heterocycles. The van der Waals surface area contributed by atoms with E-state index in [1.807, 2.05) is 11.3 Å². The summed E-state index contributed by atoms with van der Waals surface area (Å²) in [5, 5.41) is 2.27. The molecule has 28 heavy (non-hydrogen) atoms. The van der Waals surface area contributed by atoms with E-state index >= 15 is 0 Å². The second-order valence-corrected chi connectivity index (χ2v) is 9.43. The van der Waals surface area contributed by atoms with Crippen LogP contribution in [0, 0.1) is 0 Å². The molecule has 4 rings (SSSR count). The highest BCUT2D eigenvalue weighted by atomic mass is 32.1. The first kappa shape index (κ1) is 20.1. The summed E-state index contributed by atoms with van der Waals surface area (Å²) in [6, 6.07) is 14.1. The van der Waals surface area contributed by atoms with E-state index in [0.717, 1.165) is 13.0 Å². The van der Waals surface area contributed by atoms with E-state index in [0.29, 0.717) is 6.04 Å². The van der Waals surface area contributed by atoms with Gasteiger partial charge < -0.3 is 4.90 Å². The van der Waals surface area contributed by atoms with Crippen LogP contribution >= 0.6 is 11.3 Å². The highest BCUT2D eigenvalue weighted by molar-refractivity contribution is 7.10. The Morgan fingerprint density at radius 2 is 1.75 bits per heavy atom. The Bertz CT molecular complexity index is 706. The van der Waals surface area contributed by atoms with Crippen LogP contribution in [0.25, 0.3) is 0 Å². The minimum Gasteiger partial charge on any atom is -0.301 e. The van der Waals surface area contributed by atoms with Crippen LogP contribution in [0.4, 0.5) is 0 Å². The minimum atomic E-state index is 0.609. The third kappa shape index (κ3) is 5.24. The van der Waals surface area contributed by atoms with E-state index in [1.54, 1.807) is 10.4 Å². The van der Waals surface area contributed by atoms with Crippen LogP contribution in [0.5, 0.6) is 0 Å². The Kier molecular flexibility index (Phi) is 7.19. The number of nitrogens with zero attached hydrogens (tertiary/aromatic N) is 3. The van der Waals surface area contributed by atoms with Gasteiger partial charge in [0.25, 0.3) is 0 Å². The molecular formula is C24H35N3S. The number of unbranched alkanes of at least 4 members (excludes halogenated alkanes) is 1. The van der Waals surface area contributed by atoms with Crippen molar-refractivity contribution in [2.45, 2.75) is 45.2 Å². The fourth-order valence-corrected chi connectivity index (χ4v) is 5.54. The van der Waals surface area contributed by atoms with Crippen LogP contribution in [0.3, 0.4) is 0 Å². The van der Waals surface area contributed by atoms with Crippen molar-refractivity contribution in [3.8, 4) is 0 Å². The average Bonchev–Trinajstić information content (AvgIpc) is 3.21. The van der Waals surface area contributed by atoms with Crippen molar-refractivity contribution in [2.24, 2.45) is 0 Å². The fraction of sp³-hybridized carbons (Fsp3) is 0.583. The summed E-state index contributed by atoms with van der Waals surface area (Å²) < 4.78 is 0. The van der Waals surface area contributed by atoms with Crippen molar-refractivity contribution in [1.29, 1.82) is 0 Å². The Balaban J connectivity index is 1.39. The molecular weight excluding hydrogens is 362 g/mol. The molecule has 1 atom stereocenters. The molecule has 1 saturated heterocycles. The van der Waals surface area contributed by atoms with Crippen molar-refractivity contribution in [1.82, 2.24) is 14.7 Å². The Labute approximate surface area is 175 Å². The molecule has 2 aliphatic rings. The van der Waals surface area contributed by atoms with E-state index < -0.39 is 0 Å². The number of fused-ring (bicyclic) bond motifs is 1. The maximum absolute atomic E-state index is 2.76. The number of hydrogen-bond acceptors (Lipinski definition) is 4. The van der Waals surface area contributed by atoms with Crippen LogP contribution in [-0.2, 0) is 19.4 Å². The standard InChI is InChI=1S/C24H35N3S/c1-2-3-11-25-13-15-26(16-14-25)20-23(18-21-7-5-4-6-8-21)27-12-9-24-22(19-27)10-17-28-24/h4-8,10,17,23H,2-3,9,11-16,18-20H2,1H3/t23-/m1/s1. The summed E-state index contributed by atoms with van der Waals surface area (Å²) in [6.45, 7) is 12.1. The average molecular weight is 398 g/mol. The molecule has 152 valence electrons. The zero-order valence-corrected chi connectivity index (χ0v) is 18.2. The van der Waals surface area contributed by atoms with E-state index in [2.05, 4.69) is 63.4 Å². The lowest BCUT2D eigenvalue weighted by Gasteiger charge is -2.41. The van der Waals surface area contributed by atoms with Crippen molar-refractivity contribution < 1.29 is 0 Å². The first-order chi connectivity index (χ1) is 13.8. The summed E-state index contributed by atoms with van der Waals surface area (Å²) in [4.78, 5) is 9.74. The lowest BCUT2D eigenvalue weighted by atomic mass is 10.0. The topological polar surface area (TPSA) is 9.72 Å². The maximum atomic E-state index is 2.76.